The third-order valence-electron chi connectivity index (χ3n) is 5.93. The summed E-state index contributed by atoms with van der Waals surface area (Å²) in [6, 6.07) is 11.1. The highest BCUT2D eigenvalue weighted by molar-refractivity contribution is 6.42. The number of carbonyl (C=O) groups is 1. The van der Waals surface area contributed by atoms with Gasteiger partial charge in [-0.25, -0.2) is 0 Å². The zero-order valence-corrected chi connectivity index (χ0v) is 17.2. The molecule has 29 heavy (non-hydrogen) atoms. The summed E-state index contributed by atoms with van der Waals surface area (Å²) in [6.07, 6.45) is 10.7. The Labute approximate surface area is 179 Å². The minimum Gasteiger partial charge on any atom is -0.426 e. The van der Waals surface area contributed by atoms with Gasteiger partial charge in [0.05, 0.1) is 16.5 Å². The van der Waals surface area contributed by atoms with Gasteiger partial charge in [0.2, 0.25) is 0 Å². The molecule has 1 unspecified atom stereocenters. The van der Waals surface area contributed by atoms with Crippen LogP contribution in [0.1, 0.15) is 29.5 Å². The van der Waals surface area contributed by atoms with Gasteiger partial charge in [-0.1, -0.05) is 59.6 Å². The molecule has 2 aromatic rings. The number of piperidine rings is 1. The normalized spacial score (nSPS) is 21.3. The third-order valence-corrected chi connectivity index (χ3v) is 6.67. The SMILES string of the molecule is O=C(Cc1ccc(Cl)c(Cl)c1)Oc1cccc2c1C13CC=CC=C1C(=C2)NCC3. The molecule has 3 aliphatic rings. The Morgan fingerprint density at radius 2 is 2.07 bits per heavy atom. The molecule has 5 rings (SSSR count). The maximum Gasteiger partial charge on any atom is 0.315 e. The molecular formula is C24H19Cl2NO2. The van der Waals surface area contributed by atoms with Crippen molar-refractivity contribution in [2.75, 3.05) is 6.54 Å². The minimum absolute atomic E-state index is 0.138. The topological polar surface area (TPSA) is 38.3 Å². The molecule has 1 saturated heterocycles. The second-order valence-electron chi connectivity index (χ2n) is 7.65. The molecule has 1 fully saturated rings. The lowest BCUT2D eigenvalue weighted by Crippen LogP contribution is -2.44. The van der Waals surface area contributed by atoms with Crippen molar-refractivity contribution in [3.8, 4) is 5.75 Å². The fraction of sp³-hybridized carbons (Fsp3) is 0.208. The number of halogens is 2. The summed E-state index contributed by atoms with van der Waals surface area (Å²) in [4.78, 5) is 12.7. The molecule has 2 aromatic carbocycles. The zero-order valence-electron chi connectivity index (χ0n) is 15.7. The molecular weight excluding hydrogens is 405 g/mol. The van der Waals surface area contributed by atoms with Crippen LogP contribution in [0.2, 0.25) is 10.0 Å². The van der Waals surface area contributed by atoms with Crippen LogP contribution in [0.3, 0.4) is 0 Å². The van der Waals surface area contributed by atoms with Crippen LogP contribution >= 0.6 is 23.2 Å². The van der Waals surface area contributed by atoms with E-state index < -0.39 is 0 Å². The molecule has 146 valence electrons. The van der Waals surface area contributed by atoms with Crippen molar-refractivity contribution < 1.29 is 9.53 Å². The summed E-state index contributed by atoms with van der Waals surface area (Å²) in [5.41, 5.74) is 5.32. The van der Waals surface area contributed by atoms with Gasteiger partial charge >= 0.3 is 5.97 Å². The van der Waals surface area contributed by atoms with E-state index in [9.17, 15) is 4.79 Å². The van der Waals surface area contributed by atoms with E-state index >= 15 is 0 Å². The van der Waals surface area contributed by atoms with Crippen molar-refractivity contribution in [2.45, 2.75) is 24.7 Å². The first-order chi connectivity index (χ1) is 14.1. The Kier molecular flexibility index (Phi) is 4.53. The Hall–Kier alpha value is -2.49. The van der Waals surface area contributed by atoms with Gasteiger partial charge in [-0.2, -0.15) is 0 Å². The van der Waals surface area contributed by atoms with Crippen LogP contribution in [-0.2, 0) is 16.6 Å². The zero-order chi connectivity index (χ0) is 20.0. The monoisotopic (exact) mass is 423 g/mol. The molecule has 1 aliphatic heterocycles. The molecule has 0 aromatic heterocycles. The first-order valence-electron chi connectivity index (χ1n) is 9.68. The molecule has 0 amide bonds. The average Bonchev–Trinajstić information content (AvgIpc) is 2.70. The van der Waals surface area contributed by atoms with E-state index in [1.165, 1.54) is 11.3 Å². The van der Waals surface area contributed by atoms with Crippen LogP contribution in [0.4, 0.5) is 0 Å². The van der Waals surface area contributed by atoms with Gasteiger partial charge in [0.25, 0.3) is 0 Å². The highest BCUT2D eigenvalue weighted by atomic mass is 35.5. The van der Waals surface area contributed by atoms with Crippen LogP contribution in [0.25, 0.3) is 6.08 Å². The number of hydrogen-bond donors (Lipinski definition) is 1. The van der Waals surface area contributed by atoms with Gasteiger partial charge in [-0.15, -0.1) is 0 Å². The predicted molar refractivity (Wildman–Crippen MR) is 116 cm³/mol. The molecule has 0 saturated carbocycles. The minimum atomic E-state index is -0.311. The second-order valence-corrected chi connectivity index (χ2v) is 8.46. The number of esters is 1. The Morgan fingerprint density at radius 1 is 1.17 bits per heavy atom. The lowest BCUT2D eigenvalue weighted by Gasteiger charge is -2.46. The average molecular weight is 424 g/mol. The number of fused-ring (bicyclic) bond motifs is 1. The smallest absolute Gasteiger partial charge is 0.315 e. The van der Waals surface area contributed by atoms with Crippen molar-refractivity contribution in [3.63, 3.8) is 0 Å². The molecule has 3 nitrogen and oxygen atoms in total. The molecule has 5 heteroatoms. The summed E-state index contributed by atoms with van der Waals surface area (Å²) in [5, 5.41) is 4.42. The molecule has 2 bridgehead atoms. The summed E-state index contributed by atoms with van der Waals surface area (Å²) in [7, 11) is 0. The van der Waals surface area contributed by atoms with Crippen LogP contribution in [0.15, 0.2) is 65.9 Å². The fourth-order valence-corrected chi connectivity index (χ4v) is 5.00. The largest absolute Gasteiger partial charge is 0.426 e. The maximum absolute atomic E-state index is 12.7. The Bertz CT molecular complexity index is 1120. The van der Waals surface area contributed by atoms with Crippen molar-refractivity contribution >= 4 is 35.2 Å². The highest BCUT2D eigenvalue weighted by Crippen LogP contribution is 2.53. The van der Waals surface area contributed by atoms with E-state index in [4.69, 9.17) is 27.9 Å². The van der Waals surface area contributed by atoms with Crippen molar-refractivity contribution in [3.05, 3.63) is 92.6 Å². The number of benzene rings is 2. The van der Waals surface area contributed by atoms with Crippen LogP contribution in [0.5, 0.6) is 5.75 Å². The standard InChI is InChI=1S/C24H19Cl2NO2/c25-18-8-7-15(12-19(18)26)13-22(28)29-21-6-3-4-16-14-20-17-5-1-2-9-24(17,23(16)21)10-11-27-20/h1-8,12,14,27H,9-11,13H2. The summed E-state index contributed by atoms with van der Waals surface area (Å²) in [5.74, 6) is 0.333. The van der Waals surface area contributed by atoms with Gasteiger partial charge in [-0.3, -0.25) is 4.79 Å². The van der Waals surface area contributed by atoms with Gasteiger partial charge in [-0.05, 0) is 53.8 Å². The third kappa shape index (κ3) is 3.09. The van der Waals surface area contributed by atoms with E-state index in [0.29, 0.717) is 15.8 Å². The molecule has 2 aliphatic carbocycles. The number of rotatable bonds is 3. The number of allylic oxidation sites excluding steroid dienone is 4. The predicted octanol–water partition coefficient (Wildman–Crippen LogP) is 5.61. The molecule has 0 radical (unpaired) electrons. The quantitative estimate of drug-likeness (QED) is 0.514. The number of carbonyl (C=O) groups excluding carboxylic acids is 1. The van der Waals surface area contributed by atoms with Gasteiger partial charge in [0, 0.05) is 23.2 Å². The molecule has 0 spiro atoms. The lowest BCUT2D eigenvalue weighted by molar-refractivity contribution is -0.133. The van der Waals surface area contributed by atoms with E-state index in [0.717, 1.165) is 36.1 Å². The number of nitrogens with one attached hydrogen (secondary N) is 1. The molecule has 1 atom stereocenters. The van der Waals surface area contributed by atoms with E-state index in [1.807, 2.05) is 12.1 Å². The van der Waals surface area contributed by atoms with Crippen molar-refractivity contribution in [1.82, 2.24) is 5.32 Å². The van der Waals surface area contributed by atoms with E-state index in [-0.39, 0.29) is 17.8 Å². The Balaban J connectivity index is 1.50. The first kappa shape index (κ1) is 18.5. The van der Waals surface area contributed by atoms with Crippen LogP contribution in [-0.4, -0.2) is 12.5 Å². The summed E-state index contributed by atoms with van der Waals surface area (Å²) < 4.78 is 5.91. The molecule has 1 N–H and O–H groups in total. The van der Waals surface area contributed by atoms with Crippen LogP contribution in [0, 0.1) is 0 Å². The summed E-state index contributed by atoms with van der Waals surface area (Å²) in [6.45, 7) is 0.905. The lowest BCUT2D eigenvalue weighted by atomic mass is 9.61. The summed E-state index contributed by atoms with van der Waals surface area (Å²) >= 11 is 12.0. The maximum atomic E-state index is 12.7. The molecule has 1 heterocycles. The van der Waals surface area contributed by atoms with Crippen LogP contribution < -0.4 is 10.1 Å². The van der Waals surface area contributed by atoms with Gasteiger partial charge in [0.15, 0.2) is 0 Å². The Morgan fingerprint density at radius 3 is 2.93 bits per heavy atom. The highest BCUT2D eigenvalue weighted by Gasteiger charge is 2.45. The van der Waals surface area contributed by atoms with E-state index in [2.05, 4.69) is 35.7 Å². The fourth-order valence-electron chi connectivity index (χ4n) is 4.68. The van der Waals surface area contributed by atoms with E-state index in [1.54, 1.807) is 18.2 Å². The van der Waals surface area contributed by atoms with Crippen molar-refractivity contribution in [1.29, 1.82) is 0 Å². The van der Waals surface area contributed by atoms with Gasteiger partial charge < -0.3 is 10.1 Å². The first-order valence-corrected chi connectivity index (χ1v) is 10.4. The number of hydrogen-bond acceptors (Lipinski definition) is 3. The second kappa shape index (κ2) is 7.08. The number of ether oxygens (including phenoxy) is 1. The van der Waals surface area contributed by atoms with Gasteiger partial charge in [0.1, 0.15) is 5.75 Å². The van der Waals surface area contributed by atoms with Crippen molar-refractivity contribution in [2.24, 2.45) is 0 Å².